The van der Waals surface area contributed by atoms with Crippen molar-refractivity contribution in [3.63, 3.8) is 0 Å². The Morgan fingerprint density at radius 3 is 2.80 bits per heavy atom. The predicted octanol–water partition coefficient (Wildman–Crippen LogP) is 3.18. The molecule has 0 saturated heterocycles. The number of carbonyl (C=O) groups excluding carboxylic acids is 1. The number of carbonyl (C=O) groups is 1. The minimum absolute atomic E-state index is 0.0474. The molecule has 2 heteroatoms. The van der Waals surface area contributed by atoms with Crippen molar-refractivity contribution < 1.29 is 9.53 Å². The zero-order chi connectivity index (χ0) is 11.5. The Morgan fingerprint density at radius 2 is 2.27 bits per heavy atom. The van der Waals surface area contributed by atoms with Gasteiger partial charge in [-0.15, -0.1) is 0 Å². The molecule has 0 N–H and O–H groups in total. The molecule has 1 saturated carbocycles. The normalized spacial score (nSPS) is 29.5. The van der Waals surface area contributed by atoms with Gasteiger partial charge in [-0.3, -0.25) is 4.79 Å². The molecular formula is C13H22O2. The fraction of sp³-hybridized carbons (Fsp3) is 0.769. The quantitative estimate of drug-likeness (QED) is 0.528. The van der Waals surface area contributed by atoms with Crippen LogP contribution in [-0.2, 0) is 9.53 Å². The molecule has 86 valence electrons. The van der Waals surface area contributed by atoms with Crippen molar-refractivity contribution in [2.24, 2.45) is 17.3 Å². The molecule has 2 atom stereocenters. The van der Waals surface area contributed by atoms with Gasteiger partial charge in [0.05, 0.1) is 5.92 Å². The third-order valence-electron chi connectivity index (χ3n) is 3.49. The molecule has 1 aliphatic carbocycles. The van der Waals surface area contributed by atoms with E-state index >= 15 is 0 Å². The van der Waals surface area contributed by atoms with Gasteiger partial charge < -0.3 is 4.74 Å². The van der Waals surface area contributed by atoms with Gasteiger partial charge in [-0.05, 0) is 24.2 Å². The van der Waals surface area contributed by atoms with Crippen molar-refractivity contribution in [1.82, 2.24) is 0 Å². The van der Waals surface area contributed by atoms with E-state index in [0.29, 0.717) is 12.5 Å². The molecule has 0 heterocycles. The van der Waals surface area contributed by atoms with Gasteiger partial charge in [0.2, 0.25) is 0 Å². The molecule has 0 aromatic carbocycles. The highest BCUT2D eigenvalue weighted by Crippen LogP contribution is 2.44. The summed E-state index contributed by atoms with van der Waals surface area (Å²) in [7, 11) is 0. The van der Waals surface area contributed by atoms with Crippen LogP contribution < -0.4 is 0 Å². The maximum absolute atomic E-state index is 11.9. The summed E-state index contributed by atoms with van der Waals surface area (Å²) in [4.78, 5) is 11.9. The van der Waals surface area contributed by atoms with Crippen molar-refractivity contribution in [3.8, 4) is 0 Å². The van der Waals surface area contributed by atoms with E-state index < -0.39 is 0 Å². The second-order valence-electron chi connectivity index (χ2n) is 5.25. The highest BCUT2D eigenvalue weighted by Gasteiger charge is 2.42. The molecule has 1 aliphatic rings. The number of hydrogen-bond acceptors (Lipinski definition) is 2. The highest BCUT2D eigenvalue weighted by atomic mass is 16.5. The van der Waals surface area contributed by atoms with Gasteiger partial charge >= 0.3 is 5.97 Å². The Kier molecular flexibility index (Phi) is 3.95. The van der Waals surface area contributed by atoms with Gasteiger partial charge in [0.15, 0.2) is 0 Å². The Morgan fingerprint density at radius 1 is 1.60 bits per heavy atom. The van der Waals surface area contributed by atoms with Crippen LogP contribution in [0.4, 0.5) is 0 Å². The fourth-order valence-corrected chi connectivity index (χ4v) is 2.75. The summed E-state index contributed by atoms with van der Waals surface area (Å²) in [6.45, 7) is 10.4. The van der Waals surface area contributed by atoms with Gasteiger partial charge in [0, 0.05) is 0 Å². The summed E-state index contributed by atoms with van der Waals surface area (Å²) in [5.41, 5.74) is 0.0793. The minimum Gasteiger partial charge on any atom is -0.461 e. The largest absolute Gasteiger partial charge is 0.461 e. The van der Waals surface area contributed by atoms with Gasteiger partial charge in [-0.2, -0.15) is 0 Å². The van der Waals surface area contributed by atoms with Crippen LogP contribution >= 0.6 is 0 Å². The van der Waals surface area contributed by atoms with E-state index in [1.807, 2.05) is 0 Å². The molecule has 0 aromatic rings. The van der Waals surface area contributed by atoms with E-state index in [2.05, 4.69) is 27.4 Å². The predicted molar refractivity (Wildman–Crippen MR) is 61.4 cm³/mol. The van der Waals surface area contributed by atoms with Crippen LogP contribution in [0, 0.1) is 17.3 Å². The van der Waals surface area contributed by atoms with Crippen LogP contribution in [-0.4, -0.2) is 12.6 Å². The van der Waals surface area contributed by atoms with Gasteiger partial charge in [-0.25, -0.2) is 0 Å². The first kappa shape index (κ1) is 12.3. The minimum atomic E-state index is -0.0490. The number of esters is 1. The average Bonchev–Trinajstić information content (AvgIpc) is 2.13. The van der Waals surface area contributed by atoms with E-state index in [-0.39, 0.29) is 17.3 Å². The average molecular weight is 210 g/mol. The third-order valence-corrected chi connectivity index (χ3v) is 3.49. The van der Waals surface area contributed by atoms with Gasteiger partial charge in [0.25, 0.3) is 0 Å². The number of rotatable bonds is 3. The Hall–Kier alpha value is -0.790. The van der Waals surface area contributed by atoms with Crippen LogP contribution in [0.3, 0.4) is 0 Å². The van der Waals surface area contributed by atoms with E-state index in [4.69, 9.17) is 4.74 Å². The summed E-state index contributed by atoms with van der Waals surface area (Å²) in [6.07, 6.45) is 5.10. The van der Waals surface area contributed by atoms with Crippen LogP contribution in [0.15, 0.2) is 12.7 Å². The molecule has 1 rings (SSSR count). The zero-order valence-corrected chi connectivity index (χ0v) is 10.1. The number of hydrogen-bond donors (Lipinski definition) is 0. The highest BCUT2D eigenvalue weighted by molar-refractivity contribution is 5.74. The summed E-state index contributed by atoms with van der Waals surface area (Å²) < 4.78 is 5.18. The Balaban J connectivity index is 2.69. The lowest BCUT2D eigenvalue weighted by molar-refractivity contribution is -0.156. The smallest absolute Gasteiger partial charge is 0.310 e. The first-order chi connectivity index (χ1) is 6.99. The standard InChI is InChI=1S/C13H22O2/c1-5-9-15-12(14)11-10(2)7-6-8-13(11,3)4/h5,10-11H,1,6-9H2,2-4H3/t10-,11+/m0/s1. The van der Waals surface area contributed by atoms with Crippen LogP contribution in [0.1, 0.15) is 40.0 Å². The molecule has 0 amide bonds. The Labute approximate surface area is 92.7 Å². The van der Waals surface area contributed by atoms with Crippen molar-refractivity contribution >= 4 is 5.97 Å². The molecule has 15 heavy (non-hydrogen) atoms. The lowest BCUT2D eigenvalue weighted by atomic mass is 9.64. The van der Waals surface area contributed by atoms with Gasteiger partial charge in [-0.1, -0.05) is 39.8 Å². The van der Waals surface area contributed by atoms with Crippen molar-refractivity contribution in [3.05, 3.63) is 12.7 Å². The van der Waals surface area contributed by atoms with E-state index in [0.717, 1.165) is 12.8 Å². The SMILES string of the molecule is C=CCOC(=O)[C@H]1[C@@H](C)CCCC1(C)C. The topological polar surface area (TPSA) is 26.3 Å². The van der Waals surface area contributed by atoms with E-state index in [1.165, 1.54) is 6.42 Å². The fourth-order valence-electron chi connectivity index (χ4n) is 2.75. The van der Waals surface area contributed by atoms with Crippen molar-refractivity contribution in [2.45, 2.75) is 40.0 Å². The molecule has 1 fully saturated rings. The Bertz CT molecular complexity index is 243. The molecule has 0 aliphatic heterocycles. The molecule has 0 spiro atoms. The third kappa shape index (κ3) is 2.83. The molecule has 0 radical (unpaired) electrons. The van der Waals surface area contributed by atoms with Crippen LogP contribution in [0.25, 0.3) is 0 Å². The summed E-state index contributed by atoms with van der Waals surface area (Å²) in [6, 6.07) is 0. The summed E-state index contributed by atoms with van der Waals surface area (Å²) >= 11 is 0. The van der Waals surface area contributed by atoms with Crippen LogP contribution in [0.5, 0.6) is 0 Å². The second-order valence-corrected chi connectivity index (χ2v) is 5.25. The maximum atomic E-state index is 11.9. The molecule has 0 unspecified atom stereocenters. The first-order valence-electron chi connectivity index (χ1n) is 5.76. The second kappa shape index (κ2) is 4.82. The summed E-state index contributed by atoms with van der Waals surface area (Å²) in [5.74, 6) is 0.435. The van der Waals surface area contributed by atoms with Crippen molar-refractivity contribution in [2.75, 3.05) is 6.61 Å². The maximum Gasteiger partial charge on any atom is 0.310 e. The summed E-state index contributed by atoms with van der Waals surface area (Å²) in [5, 5.41) is 0. The molecule has 0 bridgehead atoms. The first-order valence-corrected chi connectivity index (χ1v) is 5.76. The lowest BCUT2D eigenvalue weighted by Gasteiger charge is -2.40. The molecule has 2 nitrogen and oxygen atoms in total. The lowest BCUT2D eigenvalue weighted by Crippen LogP contribution is -2.40. The van der Waals surface area contributed by atoms with Crippen LogP contribution in [0.2, 0.25) is 0 Å². The molecular weight excluding hydrogens is 188 g/mol. The monoisotopic (exact) mass is 210 g/mol. The number of ether oxygens (including phenoxy) is 1. The molecule has 0 aromatic heterocycles. The van der Waals surface area contributed by atoms with E-state index in [1.54, 1.807) is 6.08 Å². The van der Waals surface area contributed by atoms with E-state index in [9.17, 15) is 4.79 Å². The van der Waals surface area contributed by atoms with Gasteiger partial charge in [0.1, 0.15) is 6.61 Å². The zero-order valence-electron chi connectivity index (χ0n) is 10.1. The van der Waals surface area contributed by atoms with Crippen molar-refractivity contribution in [1.29, 1.82) is 0 Å².